The van der Waals surface area contributed by atoms with E-state index in [9.17, 15) is 4.79 Å². The van der Waals surface area contributed by atoms with E-state index in [0.717, 1.165) is 5.56 Å². The van der Waals surface area contributed by atoms with Crippen molar-refractivity contribution in [2.75, 3.05) is 0 Å². The van der Waals surface area contributed by atoms with Gasteiger partial charge >= 0.3 is 5.97 Å². The van der Waals surface area contributed by atoms with Crippen LogP contribution < -0.4 is 4.74 Å². The molecular formula is C13H20O3. The van der Waals surface area contributed by atoms with E-state index in [4.69, 9.17) is 9.84 Å². The fourth-order valence-electron chi connectivity index (χ4n) is 1.11. The Morgan fingerprint density at radius 3 is 2.31 bits per heavy atom. The van der Waals surface area contributed by atoms with Gasteiger partial charge < -0.3 is 9.84 Å². The highest BCUT2D eigenvalue weighted by Crippen LogP contribution is 2.20. The van der Waals surface area contributed by atoms with Crippen LogP contribution in [-0.2, 0) is 0 Å². The van der Waals surface area contributed by atoms with Crippen LogP contribution in [-0.4, -0.2) is 17.2 Å². The Balaban J connectivity index is 0.00000106. The number of aromatic carboxylic acids is 1. The molecule has 0 radical (unpaired) electrons. The molecule has 0 aliphatic carbocycles. The van der Waals surface area contributed by atoms with Crippen LogP contribution in [0.25, 0.3) is 0 Å². The van der Waals surface area contributed by atoms with Crippen LogP contribution in [0.5, 0.6) is 5.75 Å². The third-order valence-electron chi connectivity index (χ3n) is 1.80. The lowest BCUT2D eigenvalue weighted by Gasteiger charge is -2.12. The molecular weight excluding hydrogens is 204 g/mol. The first-order valence-electron chi connectivity index (χ1n) is 5.51. The topological polar surface area (TPSA) is 46.5 Å². The van der Waals surface area contributed by atoms with Gasteiger partial charge in [0.05, 0.1) is 11.7 Å². The highest BCUT2D eigenvalue weighted by molar-refractivity contribution is 5.88. The van der Waals surface area contributed by atoms with Crippen LogP contribution in [0.1, 0.15) is 43.6 Å². The van der Waals surface area contributed by atoms with Crippen molar-refractivity contribution < 1.29 is 14.6 Å². The molecule has 0 saturated heterocycles. The number of carboxylic acids is 1. The van der Waals surface area contributed by atoms with Crippen molar-refractivity contribution in [1.82, 2.24) is 0 Å². The number of rotatable bonds is 3. The summed E-state index contributed by atoms with van der Waals surface area (Å²) in [6.45, 7) is 9.71. The van der Waals surface area contributed by atoms with Gasteiger partial charge in [0, 0.05) is 0 Å². The van der Waals surface area contributed by atoms with Crippen LogP contribution in [0, 0.1) is 6.92 Å². The van der Waals surface area contributed by atoms with Gasteiger partial charge in [0.2, 0.25) is 0 Å². The van der Waals surface area contributed by atoms with E-state index in [1.807, 2.05) is 34.6 Å². The first-order chi connectivity index (χ1) is 7.50. The Morgan fingerprint density at radius 1 is 1.31 bits per heavy atom. The van der Waals surface area contributed by atoms with Crippen molar-refractivity contribution in [2.45, 2.75) is 40.7 Å². The summed E-state index contributed by atoms with van der Waals surface area (Å²) in [6, 6.07) is 4.88. The molecule has 0 amide bonds. The third-order valence-corrected chi connectivity index (χ3v) is 1.80. The summed E-state index contributed by atoms with van der Waals surface area (Å²) >= 11 is 0. The fourth-order valence-corrected chi connectivity index (χ4v) is 1.11. The Hall–Kier alpha value is -1.51. The van der Waals surface area contributed by atoms with Gasteiger partial charge in [0.15, 0.2) is 0 Å². The minimum absolute atomic E-state index is 0.0535. The van der Waals surface area contributed by atoms with Crippen molar-refractivity contribution in [1.29, 1.82) is 0 Å². The lowest BCUT2D eigenvalue weighted by atomic mass is 10.1. The Morgan fingerprint density at radius 2 is 1.88 bits per heavy atom. The number of benzene rings is 1. The van der Waals surface area contributed by atoms with Gasteiger partial charge in [0.1, 0.15) is 5.75 Å². The molecule has 90 valence electrons. The van der Waals surface area contributed by atoms with E-state index in [1.165, 1.54) is 0 Å². The number of carboxylic acid groups (broad SMARTS) is 1. The van der Waals surface area contributed by atoms with Gasteiger partial charge in [-0.25, -0.2) is 4.79 Å². The van der Waals surface area contributed by atoms with Gasteiger partial charge in [-0.3, -0.25) is 0 Å². The molecule has 3 nitrogen and oxygen atoms in total. The lowest BCUT2D eigenvalue weighted by Crippen LogP contribution is -2.07. The average molecular weight is 224 g/mol. The molecule has 3 heteroatoms. The number of aryl methyl sites for hydroxylation is 1. The molecule has 0 fully saturated rings. The Bertz CT molecular complexity index is 343. The molecule has 0 spiro atoms. The predicted octanol–water partition coefficient (Wildman–Crippen LogP) is 3.51. The molecule has 16 heavy (non-hydrogen) atoms. The molecule has 0 bridgehead atoms. The minimum Gasteiger partial charge on any atom is -0.491 e. The first-order valence-corrected chi connectivity index (χ1v) is 5.51. The lowest BCUT2D eigenvalue weighted by molar-refractivity contribution is 0.0696. The Kier molecular flexibility index (Phi) is 6.23. The molecule has 1 rings (SSSR count). The maximum Gasteiger partial charge on any atom is 0.335 e. The zero-order chi connectivity index (χ0) is 12.7. The minimum atomic E-state index is -0.932. The quantitative estimate of drug-likeness (QED) is 0.854. The summed E-state index contributed by atoms with van der Waals surface area (Å²) in [5.41, 5.74) is 1.20. The molecule has 0 unspecified atom stereocenters. The second kappa shape index (κ2) is 6.88. The number of carbonyl (C=O) groups is 1. The third kappa shape index (κ3) is 4.34. The van der Waals surface area contributed by atoms with Gasteiger partial charge in [-0.2, -0.15) is 0 Å². The van der Waals surface area contributed by atoms with Crippen molar-refractivity contribution in [2.24, 2.45) is 0 Å². The van der Waals surface area contributed by atoms with Gasteiger partial charge in [0.25, 0.3) is 0 Å². The van der Waals surface area contributed by atoms with Gasteiger partial charge in [-0.1, -0.05) is 19.9 Å². The van der Waals surface area contributed by atoms with Gasteiger partial charge in [-0.05, 0) is 38.5 Å². The molecule has 0 aliphatic rings. The van der Waals surface area contributed by atoms with Crippen molar-refractivity contribution in [3.63, 3.8) is 0 Å². The van der Waals surface area contributed by atoms with Crippen LogP contribution in [0.2, 0.25) is 0 Å². The Labute approximate surface area is 97.1 Å². The standard InChI is InChI=1S/C11H14O3.C2H6/c1-7(2)14-10-6-9(11(12)13)5-4-8(10)3;1-2/h4-7H,1-3H3,(H,12,13);1-2H3. The number of ether oxygens (including phenoxy) is 1. The van der Waals surface area contributed by atoms with E-state index in [0.29, 0.717) is 5.75 Å². The number of hydrogen-bond donors (Lipinski definition) is 1. The van der Waals surface area contributed by atoms with Crippen molar-refractivity contribution >= 4 is 5.97 Å². The van der Waals surface area contributed by atoms with E-state index in [2.05, 4.69) is 0 Å². The van der Waals surface area contributed by atoms with E-state index >= 15 is 0 Å². The molecule has 0 aromatic heterocycles. The van der Waals surface area contributed by atoms with Crippen LogP contribution in [0.3, 0.4) is 0 Å². The SMILES string of the molecule is CC.Cc1ccc(C(=O)O)cc1OC(C)C. The van der Waals surface area contributed by atoms with Crippen LogP contribution >= 0.6 is 0 Å². The largest absolute Gasteiger partial charge is 0.491 e. The zero-order valence-electron chi connectivity index (χ0n) is 10.6. The number of hydrogen-bond acceptors (Lipinski definition) is 2. The molecule has 0 atom stereocenters. The van der Waals surface area contributed by atoms with E-state index < -0.39 is 5.97 Å². The van der Waals surface area contributed by atoms with E-state index in [1.54, 1.807) is 18.2 Å². The molecule has 1 aromatic rings. The first kappa shape index (κ1) is 14.5. The maximum atomic E-state index is 10.7. The smallest absolute Gasteiger partial charge is 0.335 e. The summed E-state index contributed by atoms with van der Waals surface area (Å²) in [7, 11) is 0. The normalized spacial score (nSPS) is 9.38. The summed E-state index contributed by atoms with van der Waals surface area (Å²) in [5, 5.41) is 8.78. The summed E-state index contributed by atoms with van der Waals surface area (Å²) in [6.07, 6.45) is 0.0535. The highest BCUT2D eigenvalue weighted by Gasteiger charge is 2.07. The maximum absolute atomic E-state index is 10.7. The molecule has 0 aliphatic heterocycles. The predicted molar refractivity (Wildman–Crippen MR) is 65.3 cm³/mol. The average Bonchev–Trinajstić information content (AvgIpc) is 2.23. The summed E-state index contributed by atoms with van der Waals surface area (Å²) in [4.78, 5) is 10.7. The van der Waals surface area contributed by atoms with Crippen LogP contribution in [0.15, 0.2) is 18.2 Å². The molecule has 1 aromatic carbocycles. The van der Waals surface area contributed by atoms with Gasteiger partial charge in [-0.15, -0.1) is 0 Å². The summed E-state index contributed by atoms with van der Waals surface area (Å²) in [5.74, 6) is -0.293. The second-order valence-electron chi connectivity index (χ2n) is 3.45. The fraction of sp³-hybridized carbons (Fsp3) is 0.462. The zero-order valence-corrected chi connectivity index (χ0v) is 10.6. The second-order valence-corrected chi connectivity index (χ2v) is 3.45. The van der Waals surface area contributed by atoms with Crippen molar-refractivity contribution in [3.8, 4) is 5.75 Å². The highest BCUT2D eigenvalue weighted by atomic mass is 16.5. The molecule has 0 heterocycles. The molecule has 0 saturated carbocycles. The van der Waals surface area contributed by atoms with E-state index in [-0.39, 0.29) is 11.7 Å². The van der Waals surface area contributed by atoms with Crippen LogP contribution in [0.4, 0.5) is 0 Å². The summed E-state index contributed by atoms with van der Waals surface area (Å²) < 4.78 is 5.47. The monoisotopic (exact) mass is 224 g/mol. The molecule has 1 N–H and O–H groups in total. The van der Waals surface area contributed by atoms with Crippen molar-refractivity contribution in [3.05, 3.63) is 29.3 Å².